The zero-order valence-electron chi connectivity index (χ0n) is 9.42. The van der Waals surface area contributed by atoms with Gasteiger partial charge in [-0.05, 0) is 31.6 Å². The number of carboxylic acids is 1. The molecule has 0 bridgehead atoms. The van der Waals surface area contributed by atoms with Crippen molar-refractivity contribution in [2.24, 2.45) is 10.8 Å². The Balaban J connectivity index is 2.88. The molecule has 0 saturated heterocycles. The molecule has 0 spiro atoms. The zero-order chi connectivity index (χ0) is 11.2. The monoisotopic (exact) mass is 200 g/mol. The molecule has 1 saturated carbocycles. The summed E-state index contributed by atoms with van der Waals surface area (Å²) in [6, 6.07) is 0. The van der Waals surface area contributed by atoms with E-state index in [4.69, 9.17) is 5.11 Å². The predicted octanol–water partition coefficient (Wildman–Crippen LogP) is 2.04. The molecule has 1 atom stereocenters. The Morgan fingerprint density at radius 1 is 1.43 bits per heavy atom. The van der Waals surface area contributed by atoms with E-state index < -0.39 is 17.0 Å². The minimum atomic E-state index is -1.02. The fourth-order valence-corrected chi connectivity index (χ4v) is 2.60. The van der Waals surface area contributed by atoms with Crippen molar-refractivity contribution in [3.05, 3.63) is 0 Å². The molecule has 14 heavy (non-hydrogen) atoms. The molecule has 0 aromatic carbocycles. The van der Waals surface area contributed by atoms with Crippen molar-refractivity contribution in [2.45, 2.75) is 52.6 Å². The van der Waals surface area contributed by atoms with E-state index in [0.29, 0.717) is 19.3 Å². The molecule has 0 aromatic rings. The minimum Gasteiger partial charge on any atom is -0.481 e. The molecule has 0 heterocycles. The van der Waals surface area contributed by atoms with Gasteiger partial charge in [-0.15, -0.1) is 0 Å². The third kappa shape index (κ3) is 1.44. The molecule has 0 aliphatic heterocycles. The fraction of sp³-hybridized carbons (Fsp3) is 0.909. The number of carboxylic acid groups (broad SMARTS) is 1. The summed E-state index contributed by atoms with van der Waals surface area (Å²) in [5.41, 5.74) is -1.93. The maximum atomic E-state index is 11.1. The van der Waals surface area contributed by atoms with Crippen LogP contribution in [0.25, 0.3) is 0 Å². The molecule has 0 amide bonds. The van der Waals surface area contributed by atoms with Gasteiger partial charge in [0.1, 0.15) is 0 Å². The highest BCUT2D eigenvalue weighted by Gasteiger charge is 2.60. The van der Waals surface area contributed by atoms with Crippen LogP contribution in [0, 0.1) is 10.8 Å². The SMILES string of the molecule is CCC(C)(C(=O)O)C1(O)CC(C)(C)C1. The van der Waals surface area contributed by atoms with E-state index in [0.717, 1.165) is 0 Å². The molecule has 3 heteroatoms. The van der Waals surface area contributed by atoms with Crippen molar-refractivity contribution in [3.8, 4) is 0 Å². The van der Waals surface area contributed by atoms with E-state index >= 15 is 0 Å². The van der Waals surface area contributed by atoms with Gasteiger partial charge < -0.3 is 10.2 Å². The second-order valence-corrected chi connectivity index (χ2v) is 5.54. The van der Waals surface area contributed by atoms with Gasteiger partial charge in [0.05, 0.1) is 11.0 Å². The molecule has 1 rings (SSSR count). The average molecular weight is 200 g/mol. The number of carbonyl (C=O) groups is 1. The smallest absolute Gasteiger partial charge is 0.312 e. The average Bonchev–Trinajstić information content (AvgIpc) is 1.98. The van der Waals surface area contributed by atoms with Crippen LogP contribution in [0.3, 0.4) is 0 Å². The van der Waals surface area contributed by atoms with Gasteiger partial charge in [0.2, 0.25) is 0 Å². The normalized spacial score (nSPS) is 27.5. The third-order valence-corrected chi connectivity index (χ3v) is 3.75. The first-order chi connectivity index (χ1) is 6.17. The van der Waals surface area contributed by atoms with Crippen LogP contribution in [0.15, 0.2) is 0 Å². The zero-order valence-corrected chi connectivity index (χ0v) is 9.42. The first-order valence-corrected chi connectivity index (χ1v) is 5.13. The lowest BCUT2D eigenvalue weighted by Crippen LogP contribution is -2.61. The number of rotatable bonds is 3. The lowest BCUT2D eigenvalue weighted by atomic mass is 9.51. The van der Waals surface area contributed by atoms with Crippen molar-refractivity contribution in [3.63, 3.8) is 0 Å². The molecule has 1 aliphatic carbocycles. The molecule has 0 radical (unpaired) electrons. The second-order valence-electron chi connectivity index (χ2n) is 5.54. The summed E-state index contributed by atoms with van der Waals surface area (Å²) in [6.45, 7) is 7.57. The van der Waals surface area contributed by atoms with Crippen molar-refractivity contribution in [2.75, 3.05) is 0 Å². The molecule has 3 nitrogen and oxygen atoms in total. The van der Waals surface area contributed by atoms with E-state index in [1.165, 1.54) is 0 Å². The van der Waals surface area contributed by atoms with Crippen LogP contribution < -0.4 is 0 Å². The first kappa shape index (κ1) is 11.5. The van der Waals surface area contributed by atoms with Crippen LogP contribution in [0.4, 0.5) is 0 Å². The Kier molecular flexibility index (Phi) is 2.43. The lowest BCUT2D eigenvalue weighted by Gasteiger charge is -2.56. The standard InChI is InChI=1S/C11H20O3/c1-5-10(4,8(12)13)11(14)6-9(2,3)7-11/h14H,5-7H2,1-4H3,(H,12,13). The van der Waals surface area contributed by atoms with Gasteiger partial charge in [-0.3, -0.25) is 4.79 Å². The van der Waals surface area contributed by atoms with Crippen molar-refractivity contribution >= 4 is 5.97 Å². The number of aliphatic hydroxyl groups is 1. The van der Waals surface area contributed by atoms with E-state index in [2.05, 4.69) is 13.8 Å². The summed E-state index contributed by atoms with van der Waals surface area (Å²) in [4.78, 5) is 11.1. The summed E-state index contributed by atoms with van der Waals surface area (Å²) in [6.07, 6.45) is 1.63. The molecule has 2 N–H and O–H groups in total. The molecule has 82 valence electrons. The Hall–Kier alpha value is -0.570. The Bertz CT molecular complexity index is 249. The van der Waals surface area contributed by atoms with Crippen molar-refractivity contribution < 1.29 is 15.0 Å². The van der Waals surface area contributed by atoms with Crippen LogP contribution in [0.2, 0.25) is 0 Å². The summed E-state index contributed by atoms with van der Waals surface area (Å²) >= 11 is 0. The highest BCUT2D eigenvalue weighted by molar-refractivity contribution is 5.76. The molecule has 1 aliphatic rings. The van der Waals surface area contributed by atoms with Gasteiger partial charge in [0.15, 0.2) is 0 Å². The van der Waals surface area contributed by atoms with Gasteiger partial charge in [0.25, 0.3) is 0 Å². The summed E-state index contributed by atoms with van der Waals surface area (Å²) in [7, 11) is 0. The fourth-order valence-electron chi connectivity index (χ4n) is 2.60. The quantitative estimate of drug-likeness (QED) is 0.733. The Morgan fingerprint density at radius 3 is 2.07 bits per heavy atom. The Morgan fingerprint density at radius 2 is 1.86 bits per heavy atom. The van der Waals surface area contributed by atoms with Gasteiger partial charge in [-0.2, -0.15) is 0 Å². The van der Waals surface area contributed by atoms with Crippen LogP contribution in [-0.4, -0.2) is 21.8 Å². The maximum absolute atomic E-state index is 11.1. The summed E-state index contributed by atoms with van der Waals surface area (Å²) < 4.78 is 0. The molecule has 1 unspecified atom stereocenters. The van der Waals surface area contributed by atoms with Crippen molar-refractivity contribution in [1.82, 2.24) is 0 Å². The van der Waals surface area contributed by atoms with Gasteiger partial charge in [-0.1, -0.05) is 20.8 Å². The van der Waals surface area contributed by atoms with Gasteiger partial charge in [0, 0.05) is 0 Å². The van der Waals surface area contributed by atoms with Crippen LogP contribution in [0.1, 0.15) is 47.0 Å². The van der Waals surface area contributed by atoms with E-state index in [9.17, 15) is 9.90 Å². The topological polar surface area (TPSA) is 57.5 Å². The number of hydrogen-bond acceptors (Lipinski definition) is 2. The van der Waals surface area contributed by atoms with Crippen molar-refractivity contribution in [1.29, 1.82) is 0 Å². The van der Waals surface area contributed by atoms with E-state index in [-0.39, 0.29) is 5.41 Å². The largest absolute Gasteiger partial charge is 0.481 e. The highest BCUT2D eigenvalue weighted by Crippen LogP contribution is 2.57. The van der Waals surface area contributed by atoms with E-state index in [1.807, 2.05) is 6.92 Å². The number of aliphatic carboxylic acids is 1. The number of hydrogen-bond donors (Lipinski definition) is 2. The molecule has 0 aromatic heterocycles. The summed E-state index contributed by atoms with van der Waals surface area (Å²) in [5, 5.41) is 19.4. The molecule has 1 fully saturated rings. The van der Waals surface area contributed by atoms with Crippen LogP contribution in [-0.2, 0) is 4.79 Å². The summed E-state index contributed by atoms with van der Waals surface area (Å²) in [5.74, 6) is -0.891. The lowest BCUT2D eigenvalue weighted by molar-refractivity contribution is -0.207. The van der Waals surface area contributed by atoms with Gasteiger partial charge >= 0.3 is 5.97 Å². The Labute approximate surface area is 85.1 Å². The van der Waals surface area contributed by atoms with Gasteiger partial charge in [-0.25, -0.2) is 0 Å². The third-order valence-electron chi connectivity index (χ3n) is 3.75. The first-order valence-electron chi connectivity index (χ1n) is 5.13. The van der Waals surface area contributed by atoms with Crippen LogP contribution >= 0.6 is 0 Å². The predicted molar refractivity (Wildman–Crippen MR) is 54.0 cm³/mol. The van der Waals surface area contributed by atoms with E-state index in [1.54, 1.807) is 6.92 Å². The second kappa shape index (κ2) is 2.96. The highest BCUT2D eigenvalue weighted by atomic mass is 16.4. The maximum Gasteiger partial charge on any atom is 0.312 e. The van der Waals surface area contributed by atoms with Crippen LogP contribution in [0.5, 0.6) is 0 Å². The molecular weight excluding hydrogens is 180 g/mol. The minimum absolute atomic E-state index is 0.0840. The molecular formula is C11H20O3.